The molecule has 148 valence electrons. The Bertz CT molecular complexity index is 834. The third-order valence-corrected chi connectivity index (χ3v) is 5.06. The highest BCUT2D eigenvalue weighted by molar-refractivity contribution is 5.93. The van der Waals surface area contributed by atoms with Crippen molar-refractivity contribution in [3.63, 3.8) is 0 Å². The average Bonchev–Trinajstić information content (AvgIpc) is 3.20. The normalized spacial score (nSPS) is 16.2. The van der Waals surface area contributed by atoms with E-state index in [1.807, 2.05) is 29.2 Å². The molecule has 1 fully saturated rings. The van der Waals surface area contributed by atoms with Crippen molar-refractivity contribution in [2.45, 2.75) is 19.9 Å². The molecule has 2 aliphatic rings. The molecule has 0 unspecified atom stereocenters. The fourth-order valence-corrected chi connectivity index (χ4v) is 3.50. The van der Waals surface area contributed by atoms with Gasteiger partial charge in [-0.25, -0.2) is 0 Å². The number of aromatic nitrogens is 1. The lowest BCUT2D eigenvalue weighted by Gasteiger charge is -2.34. The van der Waals surface area contributed by atoms with Gasteiger partial charge in [-0.1, -0.05) is 13.0 Å². The Balaban J connectivity index is 1.32. The number of hydrogen-bond acceptors (Lipinski definition) is 6. The van der Waals surface area contributed by atoms with Gasteiger partial charge in [-0.2, -0.15) is 0 Å². The first-order chi connectivity index (χ1) is 13.7. The number of nitrogens with one attached hydrogen (secondary N) is 1. The van der Waals surface area contributed by atoms with E-state index in [9.17, 15) is 4.79 Å². The fourth-order valence-electron chi connectivity index (χ4n) is 3.50. The highest BCUT2D eigenvalue weighted by Gasteiger charge is 2.23. The van der Waals surface area contributed by atoms with Gasteiger partial charge in [-0.15, -0.1) is 0 Å². The van der Waals surface area contributed by atoms with Crippen molar-refractivity contribution in [2.24, 2.45) is 0 Å². The zero-order valence-electron chi connectivity index (χ0n) is 16.2. The predicted molar refractivity (Wildman–Crippen MR) is 107 cm³/mol. The van der Waals surface area contributed by atoms with E-state index in [2.05, 4.69) is 28.2 Å². The monoisotopic (exact) mass is 382 g/mol. The molecule has 0 spiro atoms. The van der Waals surface area contributed by atoms with Gasteiger partial charge in [0.1, 0.15) is 5.69 Å². The van der Waals surface area contributed by atoms with Crippen LogP contribution in [0.5, 0.6) is 11.5 Å². The highest BCUT2D eigenvalue weighted by Crippen LogP contribution is 2.32. The van der Waals surface area contributed by atoms with Crippen LogP contribution in [0.2, 0.25) is 0 Å². The molecule has 1 N–H and O–H groups in total. The van der Waals surface area contributed by atoms with E-state index in [-0.39, 0.29) is 5.91 Å². The van der Waals surface area contributed by atoms with Crippen LogP contribution in [-0.4, -0.2) is 60.2 Å². The van der Waals surface area contributed by atoms with Crippen LogP contribution in [0.15, 0.2) is 36.5 Å². The molecule has 1 amide bonds. The summed E-state index contributed by atoms with van der Waals surface area (Å²) in [6.07, 6.45) is 2.73. The predicted octanol–water partition coefficient (Wildman–Crippen LogP) is 2.59. The number of rotatable bonds is 6. The van der Waals surface area contributed by atoms with Crippen molar-refractivity contribution < 1.29 is 14.3 Å². The molecule has 0 aliphatic carbocycles. The first kappa shape index (κ1) is 18.6. The fraction of sp³-hybridized carbons (Fsp3) is 0.429. The number of fused-ring (bicyclic) bond motifs is 1. The number of amides is 1. The zero-order valence-corrected chi connectivity index (χ0v) is 16.2. The Hall–Kier alpha value is -2.80. The number of hydrogen-bond donors (Lipinski definition) is 1. The van der Waals surface area contributed by atoms with Gasteiger partial charge in [0.15, 0.2) is 11.5 Å². The average molecular weight is 382 g/mol. The Labute approximate surface area is 165 Å². The number of anilines is 1. The smallest absolute Gasteiger partial charge is 0.272 e. The van der Waals surface area contributed by atoms with Crippen molar-refractivity contribution in [2.75, 3.05) is 44.8 Å². The van der Waals surface area contributed by atoms with Crippen LogP contribution in [0.4, 0.5) is 5.69 Å². The lowest BCUT2D eigenvalue weighted by atomic mass is 10.1. The van der Waals surface area contributed by atoms with Crippen LogP contribution in [0.1, 0.15) is 29.4 Å². The lowest BCUT2D eigenvalue weighted by Crippen LogP contribution is -2.48. The van der Waals surface area contributed by atoms with Crippen molar-refractivity contribution in [1.29, 1.82) is 0 Å². The quantitative estimate of drug-likeness (QED) is 0.828. The maximum atomic E-state index is 12.8. The molecule has 4 rings (SSSR count). The Morgan fingerprint density at radius 2 is 1.93 bits per heavy atom. The second kappa shape index (κ2) is 8.48. The molecule has 7 nitrogen and oxygen atoms in total. The highest BCUT2D eigenvalue weighted by atomic mass is 16.7. The molecule has 2 aromatic rings. The number of nitrogens with zero attached hydrogens (tertiary/aromatic N) is 3. The topological polar surface area (TPSA) is 66.9 Å². The Morgan fingerprint density at radius 3 is 2.75 bits per heavy atom. The summed E-state index contributed by atoms with van der Waals surface area (Å²) in [4.78, 5) is 21.3. The van der Waals surface area contributed by atoms with Gasteiger partial charge in [-0.05, 0) is 36.2 Å². The van der Waals surface area contributed by atoms with E-state index in [1.165, 1.54) is 5.56 Å². The minimum absolute atomic E-state index is 0.00266. The third-order valence-electron chi connectivity index (χ3n) is 5.06. The van der Waals surface area contributed by atoms with Gasteiger partial charge in [0, 0.05) is 51.2 Å². The third kappa shape index (κ3) is 4.20. The van der Waals surface area contributed by atoms with E-state index in [4.69, 9.17) is 9.47 Å². The second-order valence-corrected chi connectivity index (χ2v) is 7.11. The SMILES string of the molecule is CCCNc1ccnc(C(=O)N2CCN(Cc3ccc4c(c3)OCO4)CC2)c1. The zero-order chi connectivity index (χ0) is 19.3. The maximum absolute atomic E-state index is 12.8. The number of ether oxygens (including phenoxy) is 2. The molecule has 3 heterocycles. The molecule has 0 radical (unpaired) electrons. The summed E-state index contributed by atoms with van der Waals surface area (Å²) in [5.74, 6) is 1.62. The van der Waals surface area contributed by atoms with Crippen LogP contribution in [-0.2, 0) is 6.54 Å². The molecule has 1 aromatic heterocycles. The van der Waals surface area contributed by atoms with E-state index < -0.39 is 0 Å². The molecule has 0 bridgehead atoms. The van der Waals surface area contributed by atoms with Crippen molar-refractivity contribution in [3.05, 3.63) is 47.8 Å². The maximum Gasteiger partial charge on any atom is 0.272 e. The van der Waals surface area contributed by atoms with E-state index >= 15 is 0 Å². The summed E-state index contributed by atoms with van der Waals surface area (Å²) < 4.78 is 10.8. The summed E-state index contributed by atoms with van der Waals surface area (Å²) in [5.41, 5.74) is 2.65. The molecule has 0 saturated carbocycles. The van der Waals surface area contributed by atoms with Crippen LogP contribution in [0, 0.1) is 0 Å². The molecule has 1 saturated heterocycles. The summed E-state index contributed by atoms with van der Waals surface area (Å²) in [5, 5.41) is 3.31. The lowest BCUT2D eigenvalue weighted by molar-refractivity contribution is 0.0623. The van der Waals surface area contributed by atoms with Crippen LogP contribution >= 0.6 is 0 Å². The minimum Gasteiger partial charge on any atom is -0.454 e. The van der Waals surface area contributed by atoms with E-state index in [1.54, 1.807) is 6.20 Å². The summed E-state index contributed by atoms with van der Waals surface area (Å²) >= 11 is 0. The van der Waals surface area contributed by atoms with E-state index in [0.29, 0.717) is 25.6 Å². The van der Waals surface area contributed by atoms with Gasteiger partial charge in [0.25, 0.3) is 5.91 Å². The van der Waals surface area contributed by atoms with Crippen LogP contribution < -0.4 is 14.8 Å². The van der Waals surface area contributed by atoms with Crippen LogP contribution in [0.3, 0.4) is 0 Å². The number of benzene rings is 1. The molecular formula is C21H26N4O3. The molecule has 0 atom stereocenters. The molecule has 28 heavy (non-hydrogen) atoms. The van der Waals surface area contributed by atoms with Crippen molar-refractivity contribution in [3.8, 4) is 11.5 Å². The molecular weight excluding hydrogens is 356 g/mol. The van der Waals surface area contributed by atoms with Gasteiger partial charge in [0.05, 0.1) is 0 Å². The van der Waals surface area contributed by atoms with Gasteiger partial charge in [-0.3, -0.25) is 14.7 Å². The molecule has 7 heteroatoms. The Kier molecular flexibility index (Phi) is 5.62. The first-order valence-electron chi connectivity index (χ1n) is 9.83. The number of carbonyl (C=O) groups excluding carboxylic acids is 1. The van der Waals surface area contributed by atoms with Gasteiger partial charge >= 0.3 is 0 Å². The van der Waals surface area contributed by atoms with Crippen molar-refractivity contribution >= 4 is 11.6 Å². The number of carbonyl (C=O) groups is 1. The molecule has 1 aromatic carbocycles. The number of piperazine rings is 1. The molecule has 2 aliphatic heterocycles. The standard InChI is InChI=1S/C21H26N4O3/c1-2-6-22-17-5-7-23-18(13-17)21(26)25-10-8-24(9-11-25)14-16-3-4-19-20(12-16)28-15-27-19/h3-5,7,12-13H,2,6,8-11,14-15H2,1H3,(H,22,23). The van der Waals surface area contributed by atoms with E-state index in [0.717, 1.165) is 49.8 Å². The van der Waals surface area contributed by atoms with Gasteiger partial charge < -0.3 is 19.7 Å². The largest absolute Gasteiger partial charge is 0.454 e. The van der Waals surface area contributed by atoms with Crippen LogP contribution in [0.25, 0.3) is 0 Å². The minimum atomic E-state index is 0.00266. The Morgan fingerprint density at radius 1 is 1.11 bits per heavy atom. The summed E-state index contributed by atoms with van der Waals surface area (Å²) in [6.45, 7) is 7.23. The first-order valence-corrected chi connectivity index (χ1v) is 9.83. The number of pyridine rings is 1. The second-order valence-electron chi connectivity index (χ2n) is 7.11. The van der Waals surface area contributed by atoms with Crippen molar-refractivity contribution in [1.82, 2.24) is 14.8 Å². The summed E-state index contributed by atoms with van der Waals surface area (Å²) in [6, 6.07) is 9.82. The van der Waals surface area contributed by atoms with Gasteiger partial charge in [0.2, 0.25) is 6.79 Å². The summed E-state index contributed by atoms with van der Waals surface area (Å²) in [7, 11) is 0.